The molecule has 0 aromatic carbocycles. The average molecular weight is 310 g/mol. The van der Waals surface area contributed by atoms with Crippen molar-refractivity contribution in [2.75, 3.05) is 26.2 Å². The molecule has 0 aromatic heterocycles. The standard InChI is InChI=1S/C15H26N4O3/c1-11(17-15(16)22)13(20)18-7-9-19(10-8-18)14(21)12-5-3-2-4-6-12/h11-12H,2-10H2,1H3,(H3,16,17,22). The molecule has 0 bridgehead atoms. The maximum Gasteiger partial charge on any atom is 0.312 e. The molecular formula is C15H26N4O3. The SMILES string of the molecule is CC(NC(N)=O)C(=O)N1CCN(C(=O)C2CCCCC2)CC1. The van der Waals surface area contributed by atoms with Gasteiger partial charge < -0.3 is 20.9 Å². The molecule has 1 atom stereocenters. The summed E-state index contributed by atoms with van der Waals surface area (Å²) in [5, 5.41) is 2.39. The van der Waals surface area contributed by atoms with Crippen molar-refractivity contribution in [3.63, 3.8) is 0 Å². The summed E-state index contributed by atoms with van der Waals surface area (Å²) in [7, 11) is 0. The summed E-state index contributed by atoms with van der Waals surface area (Å²) < 4.78 is 0. The number of nitrogens with one attached hydrogen (secondary N) is 1. The predicted molar refractivity (Wildman–Crippen MR) is 81.9 cm³/mol. The van der Waals surface area contributed by atoms with Gasteiger partial charge in [-0.15, -0.1) is 0 Å². The van der Waals surface area contributed by atoms with Crippen LogP contribution in [0.15, 0.2) is 0 Å². The Hall–Kier alpha value is -1.79. The number of carbonyl (C=O) groups excluding carboxylic acids is 3. The summed E-state index contributed by atoms with van der Waals surface area (Å²) in [6.45, 7) is 3.80. The number of nitrogens with two attached hydrogens (primary N) is 1. The second-order valence-electron chi connectivity index (χ2n) is 6.22. The van der Waals surface area contributed by atoms with Gasteiger partial charge in [0.25, 0.3) is 0 Å². The van der Waals surface area contributed by atoms with Crippen LogP contribution in [0.4, 0.5) is 4.79 Å². The number of carbonyl (C=O) groups is 3. The minimum absolute atomic E-state index is 0.149. The van der Waals surface area contributed by atoms with Crippen LogP contribution in [-0.4, -0.2) is 59.9 Å². The molecule has 2 aliphatic rings. The lowest BCUT2D eigenvalue weighted by atomic mass is 9.88. The van der Waals surface area contributed by atoms with Crippen LogP contribution in [0, 0.1) is 5.92 Å². The second-order valence-corrected chi connectivity index (χ2v) is 6.22. The highest BCUT2D eigenvalue weighted by Gasteiger charge is 2.30. The number of rotatable bonds is 3. The molecular weight excluding hydrogens is 284 g/mol. The molecule has 1 saturated heterocycles. The summed E-state index contributed by atoms with van der Waals surface area (Å²) in [5.41, 5.74) is 5.03. The number of primary amides is 1. The molecule has 2 fully saturated rings. The van der Waals surface area contributed by atoms with Gasteiger partial charge in [0.1, 0.15) is 6.04 Å². The van der Waals surface area contributed by atoms with E-state index >= 15 is 0 Å². The molecule has 1 unspecified atom stereocenters. The molecule has 7 heteroatoms. The first-order valence-corrected chi connectivity index (χ1v) is 8.12. The van der Waals surface area contributed by atoms with Crippen molar-refractivity contribution in [1.82, 2.24) is 15.1 Å². The second kappa shape index (κ2) is 7.47. The van der Waals surface area contributed by atoms with E-state index in [1.807, 2.05) is 4.90 Å². The number of nitrogens with zero attached hydrogens (tertiary/aromatic N) is 2. The van der Waals surface area contributed by atoms with E-state index in [-0.39, 0.29) is 17.7 Å². The lowest BCUT2D eigenvalue weighted by Gasteiger charge is -2.38. The molecule has 2 rings (SSSR count). The highest BCUT2D eigenvalue weighted by atomic mass is 16.2. The Labute approximate surface area is 131 Å². The maximum absolute atomic E-state index is 12.5. The van der Waals surface area contributed by atoms with Gasteiger partial charge in [-0.25, -0.2) is 4.79 Å². The minimum atomic E-state index is -0.702. The van der Waals surface area contributed by atoms with Crippen molar-refractivity contribution in [2.45, 2.75) is 45.1 Å². The Balaban J connectivity index is 1.80. The normalized spacial score (nSPS) is 21.3. The van der Waals surface area contributed by atoms with Crippen LogP contribution in [0.3, 0.4) is 0 Å². The quantitative estimate of drug-likeness (QED) is 0.784. The number of piperazine rings is 1. The third-order valence-corrected chi connectivity index (χ3v) is 4.59. The van der Waals surface area contributed by atoms with Crippen molar-refractivity contribution in [2.24, 2.45) is 11.7 Å². The predicted octanol–water partition coefficient (Wildman–Crippen LogP) is 0.294. The Kier molecular flexibility index (Phi) is 5.63. The van der Waals surface area contributed by atoms with E-state index in [4.69, 9.17) is 5.73 Å². The van der Waals surface area contributed by atoms with Crippen LogP contribution in [0.1, 0.15) is 39.0 Å². The van der Waals surface area contributed by atoms with Crippen molar-refractivity contribution in [1.29, 1.82) is 0 Å². The van der Waals surface area contributed by atoms with E-state index in [2.05, 4.69) is 5.32 Å². The van der Waals surface area contributed by atoms with Gasteiger partial charge in [0.2, 0.25) is 11.8 Å². The number of hydrogen-bond acceptors (Lipinski definition) is 3. The molecule has 124 valence electrons. The first kappa shape index (κ1) is 16.6. The van der Waals surface area contributed by atoms with Gasteiger partial charge in [0.05, 0.1) is 0 Å². The van der Waals surface area contributed by atoms with Gasteiger partial charge in [-0.3, -0.25) is 9.59 Å². The van der Waals surface area contributed by atoms with Gasteiger partial charge in [-0.1, -0.05) is 19.3 Å². The average Bonchev–Trinajstić information content (AvgIpc) is 2.54. The molecule has 0 aromatic rings. The zero-order valence-electron chi connectivity index (χ0n) is 13.2. The van der Waals surface area contributed by atoms with Gasteiger partial charge in [-0.2, -0.15) is 0 Å². The third-order valence-electron chi connectivity index (χ3n) is 4.59. The van der Waals surface area contributed by atoms with Crippen molar-refractivity contribution < 1.29 is 14.4 Å². The molecule has 4 amide bonds. The topological polar surface area (TPSA) is 95.7 Å². The Morgan fingerprint density at radius 1 is 1.00 bits per heavy atom. The van der Waals surface area contributed by atoms with Gasteiger partial charge >= 0.3 is 6.03 Å². The van der Waals surface area contributed by atoms with Gasteiger partial charge in [0.15, 0.2) is 0 Å². The number of amides is 4. The van der Waals surface area contributed by atoms with Crippen molar-refractivity contribution in [3.05, 3.63) is 0 Å². The van der Waals surface area contributed by atoms with E-state index < -0.39 is 12.1 Å². The Bertz CT molecular complexity index is 427. The summed E-state index contributed by atoms with van der Waals surface area (Å²) in [4.78, 5) is 39.0. The molecule has 7 nitrogen and oxygen atoms in total. The summed E-state index contributed by atoms with van der Waals surface area (Å²) in [6, 6.07) is -1.33. The molecule has 0 radical (unpaired) electrons. The maximum atomic E-state index is 12.5. The van der Waals surface area contributed by atoms with Crippen molar-refractivity contribution >= 4 is 17.8 Å². The van der Waals surface area contributed by atoms with Crippen molar-refractivity contribution in [3.8, 4) is 0 Å². The summed E-state index contributed by atoms with van der Waals surface area (Å²) in [6.07, 6.45) is 5.52. The largest absolute Gasteiger partial charge is 0.352 e. The lowest BCUT2D eigenvalue weighted by Crippen LogP contribution is -2.56. The van der Waals surface area contributed by atoms with Gasteiger partial charge in [0, 0.05) is 32.1 Å². The number of hydrogen-bond donors (Lipinski definition) is 2. The molecule has 1 aliphatic heterocycles. The fraction of sp³-hybridized carbons (Fsp3) is 0.800. The molecule has 1 saturated carbocycles. The molecule has 1 heterocycles. The smallest absolute Gasteiger partial charge is 0.312 e. The Morgan fingerprint density at radius 2 is 1.55 bits per heavy atom. The summed E-state index contributed by atoms with van der Waals surface area (Å²) >= 11 is 0. The third kappa shape index (κ3) is 4.11. The van der Waals surface area contributed by atoms with E-state index in [0.29, 0.717) is 26.2 Å². The molecule has 22 heavy (non-hydrogen) atoms. The first-order chi connectivity index (χ1) is 10.5. The Morgan fingerprint density at radius 3 is 2.09 bits per heavy atom. The highest BCUT2D eigenvalue weighted by molar-refractivity contribution is 5.86. The van der Waals surface area contributed by atoms with Crippen LogP contribution in [-0.2, 0) is 9.59 Å². The fourth-order valence-corrected chi connectivity index (χ4v) is 3.30. The van der Waals surface area contributed by atoms with E-state index in [1.165, 1.54) is 6.42 Å². The lowest BCUT2D eigenvalue weighted by molar-refractivity contribution is -0.143. The zero-order chi connectivity index (χ0) is 16.1. The monoisotopic (exact) mass is 310 g/mol. The van der Waals surface area contributed by atoms with Crippen LogP contribution >= 0.6 is 0 Å². The van der Waals surface area contributed by atoms with Crippen LogP contribution < -0.4 is 11.1 Å². The number of urea groups is 1. The highest BCUT2D eigenvalue weighted by Crippen LogP contribution is 2.25. The van der Waals surface area contributed by atoms with Crippen LogP contribution in [0.2, 0.25) is 0 Å². The molecule has 1 aliphatic carbocycles. The zero-order valence-corrected chi connectivity index (χ0v) is 13.2. The van der Waals surface area contributed by atoms with E-state index in [9.17, 15) is 14.4 Å². The minimum Gasteiger partial charge on any atom is -0.352 e. The first-order valence-electron chi connectivity index (χ1n) is 8.12. The fourth-order valence-electron chi connectivity index (χ4n) is 3.30. The summed E-state index contributed by atoms with van der Waals surface area (Å²) in [5.74, 6) is 0.269. The molecule has 3 N–H and O–H groups in total. The van der Waals surface area contributed by atoms with Gasteiger partial charge in [-0.05, 0) is 19.8 Å². The van der Waals surface area contributed by atoms with E-state index in [1.54, 1.807) is 11.8 Å². The van der Waals surface area contributed by atoms with Crippen LogP contribution in [0.25, 0.3) is 0 Å². The molecule has 0 spiro atoms. The van der Waals surface area contributed by atoms with E-state index in [0.717, 1.165) is 25.7 Å². The van der Waals surface area contributed by atoms with Crippen LogP contribution in [0.5, 0.6) is 0 Å².